The third-order valence-electron chi connectivity index (χ3n) is 4.56. The Balaban J connectivity index is 1.55. The molecule has 0 aliphatic carbocycles. The van der Waals surface area contributed by atoms with Crippen molar-refractivity contribution in [3.05, 3.63) is 29.3 Å². The summed E-state index contributed by atoms with van der Waals surface area (Å²) in [6, 6.07) is 7.16. The van der Waals surface area contributed by atoms with Gasteiger partial charge in [0.05, 0.1) is 13.2 Å². The first-order valence-electron chi connectivity index (χ1n) is 7.61. The zero-order chi connectivity index (χ0) is 13.9. The molecule has 3 rings (SSSR count). The van der Waals surface area contributed by atoms with E-state index in [1.807, 2.05) is 0 Å². The molecule has 1 atom stereocenters. The quantitative estimate of drug-likeness (QED) is 0.849. The van der Waals surface area contributed by atoms with Crippen LogP contribution in [0.1, 0.15) is 17.5 Å². The summed E-state index contributed by atoms with van der Waals surface area (Å²) in [6.07, 6.45) is 1.28. The van der Waals surface area contributed by atoms with Gasteiger partial charge in [0.25, 0.3) is 0 Å². The number of hydrogen-bond donors (Lipinski definition) is 1. The summed E-state index contributed by atoms with van der Waals surface area (Å²) in [4.78, 5) is 5.14. The lowest BCUT2D eigenvalue weighted by Crippen LogP contribution is -2.44. The maximum absolute atomic E-state index is 6.00. The first kappa shape index (κ1) is 13.9. The molecule has 2 saturated heterocycles. The van der Waals surface area contributed by atoms with Crippen LogP contribution in [0.25, 0.3) is 0 Å². The SMILES string of the molecule is Cc1ccc(CN2CCC(N3CCOCC3)C2)cc1N. The van der Waals surface area contributed by atoms with E-state index in [2.05, 4.69) is 34.9 Å². The lowest BCUT2D eigenvalue weighted by atomic mass is 10.1. The highest BCUT2D eigenvalue weighted by molar-refractivity contribution is 5.48. The number of ether oxygens (including phenoxy) is 1. The monoisotopic (exact) mass is 275 g/mol. The zero-order valence-electron chi connectivity index (χ0n) is 12.3. The van der Waals surface area contributed by atoms with Crippen LogP contribution < -0.4 is 5.73 Å². The molecule has 2 aliphatic rings. The largest absolute Gasteiger partial charge is 0.399 e. The van der Waals surface area contributed by atoms with Gasteiger partial charge in [-0.2, -0.15) is 0 Å². The molecule has 2 aliphatic heterocycles. The summed E-state index contributed by atoms with van der Waals surface area (Å²) >= 11 is 0. The number of rotatable bonds is 3. The lowest BCUT2D eigenvalue weighted by molar-refractivity contribution is 0.0184. The van der Waals surface area contributed by atoms with Crippen LogP contribution in [0.2, 0.25) is 0 Å². The predicted octanol–water partition coefficient (Wildman–Crippen LogP) is 1.48. The second-order valence-corrected chi connectivity index (χ2v) is 6.02. The molecule has 20 heavy (non-hydrogen) atoms. The summed E-state index contributed by atoms with van der Waals surface area (Å²) in [5, 5.41) is 0. The molecular formula is C16H25N3O. The number of aryl methyl sites for hydroxylation is 1. The fourth-order valence-electron chi connectivity index (χ4n) is 3.24. The molecular weight excluding hydrogens is 250 g/mol. The van der Waals surface area contributed by atoms with Crippen molar-refractivity contribution in [2.24, 2.45) is 0 Å². The molecule has 0 bridgehead atoms. The minimum atomic E-state index is 0.710. The van der Waals surface area contributed by atoms with Gasteiger partial charge in [-0.05, 0) is 30.5 Å². The van der Waals surface area contributed by atoms with Crippen LogP contribution >= 0.6 is 0 Å². The average Bonchev–Trinajstić information content (AvgIpc) is 2.92. The molecule has 2 fully saturated rings. The molecule has 0 saturated carbocycles. The van der Waals surface area contributed by atoms with E-state index in [0.717, 1.165) is 38.5 Å². The minimum Gasteiger partial charge on any atom is -0.399 e. The number of hydrogen-bond acceptors (Lipinski definition) is 4. The number of morpholine rings is 1. The smallest absolute Gasteiger partial charge is 0.0594 e. The van der Waals surface area contributed by atoms with Gasteiger partial charge in [-0.1, -0.05) is 12.1 Å². The third kappa shape index (κ3) is 3.14. The molecule has 2 heterocycles. The van der Waals surface area contributed by atoms with Crippen molar-refractivity contribution in [1.82, 2.24) is 9.80 Å². The molecule has 0 radical (unpaired) electrons. The normalized spacial score (nSPS) is 25.1. The van der Waals surface area contributed by atoms with Crippen LogP contribution in [0, 0.1) is 6.92 Å². The summed E-state index contributed by atoms with van der Waals surface area (Å²) in [5.74, 6) is 0. The molecule has 0 aromatic heterocycles. The minimum absolute atomic E-state index is 0.710. The van der Waals surface area contributed by atoms with Crippen molar-refractivity contribution in [3.8, 4) is 0 Å². The Kier molecular flexibility index (Phi) is 4.24. The standard InChI is InChI=1S/C16H25N3O/c1-13-2-3-14(10-16(13)17)11-18-5-4-15(12-18)19-6-8-20-9-7-19/h2-3,10,15H,4-9,11-12,17H2,1H3. The molecule has 1 unspecified atom stereocenters. The molecule has 1 aromatic carbocycles. The van der Waals surface area contributed by atoms with Gasteiger partial charge in [0.2, 0.25) is 0 Å². The first-order chi connectivity index (χ1) is 9.72. The Labute approximate surface area is 121 Å². The second-order valence-electron chi connectivity index (χ2n) is 6.02. The van der Waals surface area contributed by atoms with Crippen molar-refractivity contribution < 1.29 is 4.74 Å². The Morgan fingerprint density at radius 2 is 2.05 bits per heavy atom. The number of anilines is 1. The topological polar surface area (TPSA) is 41.7 Å². The van der Waals surface area contributed by atoms with Crippen molar-refractivity contribution in [2.75, 3.05) is 45.1 Å². The van der Waals surface area contributed by atoms with Crippen molar-refractivity contribution >= 4 is 5.69 Å². The number of nitrogens with two attached hydrogens (primary N) is 1. The third-order valence-corrected chi connectivity index (χ3v) is 4.56. The summed E-state index contributed by atoms with van der Waals surface area (Å²) in [6.45, 7) is 9.42. The molecule has 2 N–H and O–H groups in total. The van der Waals surface area contributed by atoms with E-state index in [1.165, 1.54) is 30.6 Å². The summed E-state index contributed by atoms with van der Waals surface area (Å²) in [7, 11) is 0. The molecule has 110 valence electrons. The molecule has 0 spiro atoms. The maximum atomic E-state index is 6.00. The van der Waals surface area contributed by atoms with E-state index >= 15 is 0 Å². The maximum Gasteiger partial charge on any atom is 0.0594 e. The highest BCUT2D eigenvalue weighted by Crippen LogP contribution is 2.20. The van der Waals surface area contributed by atoms with E-state index in [0.29, 0.717) is 6.04 Å². The van der Waals surface area contributed by atoms with Crippen LogP contribution in [0.4, 0.5) is 5.69 Å². The fraction of sp³-hybridized carbons (Fsp3) is 0.625. The van der Waals surface area contributed by atoms with Gasteiger partial charge in [0, 0.05) is 44.5 Å². The average molecular weight is 275 g/mol. The first-order valence-corrected chi connectivity index (χ1v) is 7.61. The number of benzene rings is 1. The molecule has 4 nitrogen and oxygen atoms in total. The van der Waals surface area contributed by atoms with Gasteiger partial charge in [0.15, 0.2) is 0 Å². The van der Waals surface area contributed by atoms with Crippen molar-refractivity contribution in [1.29, 1.82) is 0 Å². The van der Waals surface area contributed by atoms with Gasteiger partial charge in [0.1, 0.15) is 0 Å². The van der Waals surface area contributed by atoms with Crippen LogP contribution in [0.3, 0.4) is 0 Å². The van der Waals surface area contributed by atoms with Gasteiger partial charge in [-0.3, -0.25) is 9.80 Å². The zero-order valence-corrected chi connectivity index (χ0v) is 12.3. The fourth-order valence-corrected chi connectivity index (χ4v) is 3.24. The number of likely N-dealkylation sites (tertiary alicyclic amines) is 1. The Morgan fingerprint density at radius 3 is 2.80 bits per heavy atom. The van der Waals surface area contributed by atoms with Gasteiger partial charge in [-0.25, -0.2) is 0 Å². The van der Waals surface area contributed by atoms with Gasteiger partial charge in [-0.15, -0.1) is 0 Å². The van der Waals surface area contributed by atoms with Crippen LogP contribution in [-0.2, 0) is 11.3 Å². The van der Waals surface area contributed by atoms with E-state index < -0.39 is 0 Å². The highest BCUT2D eigenvalue weighted by atomic mass is 16.5. The number of nitrogens with zero attached hydrogens (tertiary/aromatic N) is 2. The van der Waals surface area contributed by atoms with E-state index in [9.17, 15) is 0 Å². The van der Waals surface area contributed by atoms with Crippen molar-refractivity contribution in [2.45, 2.75) is 25.9 Å². The van der Waals surface area contributed by atoms with E-state index in [-0.39, 0.29) is 0 Å². The van der Waals surface area contributed by atoms with Gasteiger partial charge < -0.3 is 10.5 Å². The van der Waals surface area contributed by atoms with E-state index in [4.69, 9.17) is 10.5 Å². The summed E-state index contributed by atoms with van der Waals surface area (Å²) < 4.78 is 5.44. The highest BCUT2D eigenvalue weighted by Gasteiger charge is 2.28. The Hall–Kier alpha value is -1.10. The Morgan fingerprint density at radius 1 is 1.25 bits per heavy atom. The van der Waals surface area contributed by atoms with Crippen LogP contribution in [0.5, 0.6) is 0 Å². The lowest BCUT2D eigenvalue weighted by Gasteiger charge is -2.32. The molecule has 1 aromatic rings. The van der Waals surface area contributed by atoms with E-state index in [1.54, 1.807) is 0 Å². The van der Waals surface area contributed by atoms with Crippen LogP contribution in [0.15, 0.2) is 18.2 Å². The van der Waals surface area contributed by atoms with Crippen LogP contribution in [-0.4, -0.2) is 55.2 Å². The van der Waals surface area contributed by atoms with Crippen molar-refractivity contribution in [3.63, 3.8) is 0 Å². The summed E-state index contributed by atoms with van der Waals surface area (Å²) in [5.41, 5.74) is 9.40. The number of nitrogen functional groups attached to an aromatic ring is 1. The second kappa shape index (κ2) is 6.12. The molecule has 4 heteroatoms. The Bertz CT molecular complexity index is 457. The van der Waals surface area contributed by atoms with Gasteiger partial charge >= 0.3 is 0 Å². The predicted molar refractivity (Wildman–Crippen MR) is 81.7 cm³/mol. The molecule has 0 amide bonds.